The van der Waals surface area contributed by atoms with Gasteiger partial charge in [0.2, 0.25) is 0 Å². The van der Waals surface area contributed by atoms with Crippen LogP contribution in [0.2, 0.25) is 0 Å². The van der Waals surface area contributed by atoms with E-state index in [0.717, 1.165) is 0 Å². The van der Waals surface area contributed by atoms with Crippen molar-refractivity contribution in [1.29, 1.82) is 0 Å². The summed E-state index contributed by atoms with van der Waals surface area (Å²) in [4.78, 5) is 33.0. The average Bonchev–Trinajstić information content (AvgIpc) is 2.83. The molecule has 0 saturated heterocycles. The van der Waals surface area contributed by atoms with E-state index < -0.39 is 33.7 Å². The Kier molecular flexibility index (Phi) is 8.63. The van der Waals surface area contributed by atoms with Gasteiger partial charge in [-0.2, -0.15) is 8.42 Å². The van der Waals surface area contributed by atoms with Gasteiger partial charge >= 0.3 is 11.9 Å². The van der Waals surface area contributed by atoms with Gasteiger partial charge in [0.15, 0.2) is 11.5 Å². The van der Waals surface area contributed by atoms with E-state index in [1.807, 2.05) is 13.8 Å². The number of hydrogen-bond acceptors (Lipinski definition) is 9. The van der Waals surface area contributed by atoms with E-state index >= 15 is 0 Å². The highest BCUT2D eigenvalue weighted by Crippen LogP contribution is 2.33. The molecule has 2 aromatic heterocycles. The number of nitrogens with zero attached hydrogens (tertiary/aromatic N) is 2. The molecule has 0 aliphatic carbocycles. The van der Waals surface area contributed by atoms with Gasteiger partial charge in [-0.15, -0.1) is 0 Å². The molecule has 11 heteroatoms. The van der Waals surface area contributed by atoms with Crippen LogP contribution in [0.4, 0.5) is 0 Å². The summed E-state index contributed by atoms with van der Waals surface area (Å²) < 4.78 is 43.7. The van der Waals surface area contributed by atoms with Crippen LogP contribution in [0.3, 0.4) is 0 Å². The van der Waals surface area contributed by atoms with Crippen LogP contribution in [0.15, 0.2) is 67.3 Å². The van der Waals surface area contributed by atoms with E-state index in [1.165, 1.54) is 61.2 Å². The standard InChI is InChI=1S/C24H25N3O7S/c1-16(2)27-14-20(15-35(30,31)32)19-3-4-21(33-23(28)17-5-9-25-10-6-17)22(13-19)34-24(29)18-7-11-26-12-8-18/h3-13,16,20,27H,14-15H2,1-2H3,(H,30,31,32). The number of esters is 2. The number of aromatic nitrogens is 2. The van der Waals surface area contributed by atoms with E-state index in [4.69, 9.17) is 9.47 Å². The first-order valence-electron chi connectivity index (χ1n) is 10.7. The second-order valence-corrected chi connectivity index (χ2v) is 9.46. The summed E-state index contributed by atoms with van der Waals surface area (Å²) in [5.41, 5.74) is 0.908. The van der Waals surface area contributed by atoms with Crippen molar-refractivity contribution in [2.45, 2.75) is 25.8 Å². The van der Waals surface area contributed by atoms with E-state index in [2.05, 4.69) is 15.3 Å². The number of ether oxygens (including phenoxy) is 2. The fourth-order valence-electron chi connectivity index (χ4n) is 3.14. The van der Waals surface area contributed by atoms with Crippen LogP contribution < -0.4 is 14.8 Å². The van der Waals surface area contributed by atoms with Crippen molar-refractivity contribution in [3.8, 4) is 11.5 Å². The first kappa shape index (κ1) is 25.9. The number of carbonyl (C=O) groups excluding carboxylic acids is 2. The molecule has 2 N–H and O–H groups in total. The normalized spacial score (nSPS) is 12.2. The largest absolute Gasteiger partial charge is 0.419 e. The van der Waals surface area contributed by atoms with Crippen molar-refractivity contribution in [1.82, 2.24) is 15.3 Å². The highest BCUT2D eigenvalue weighted by atomic mass is 32.2. The Labute approximate surface area is 203 Å². The molecule has 0 spiro atoms. The molecule has 3 aromatic rings. The molecule has 0 bridgehead atoms. The second-order valence-electron chi connectivity index (χ2n) is 7.97. The third kappa shape index (κ3) is 7.95. The van der Waals surface area contributed by atoms with Crippen molar-refractivity contribution in [2.24, 2.45) is 0 Å². The van der Waals surface area contributed by atoms with E-state index in [0.29, 0.717) is 5.56 Å². The Morgan fingerprint density at radius 2 is 1.40 bits per heavy atom. The van der Waals surface area contributed by atoms with Gasteiger partial charge in [-0.1, -0.05) is 19.9 Å². The number of nitrogens with one attached hydrogen (secondary N) is 1. The molecule has 0 aliphatic heterocycles. The monoisotopic (exact) mass is 499 g/mol. The predicted octanol–water partition coefficient (Wildman–Crippen LogP) is 2.88. The summed E-state index contributed by atoms with van der Waals surface area (Å²) in [7, 11) is -4.31. The highest BCUT2D eigenvalue weighted by molar-refractivity contribution is 7.85. The number of rotatable bonds is 10. The van der Waals surface area contributed by atoms with Gasteiger partial charge in [0, 0.05) is 43.3 Å². The van der Waals surface area contributed by atoms with Gasteiger partial charge in [-0.05, 0) is 42.0 Å². The molecular weight excluding hydrogens is 474 g/mol. The number of hydrogen-bond donors (Lipinski definition) is 2. The van der Waals surface area contributed by atoms with Crippen molar-refractivity contribution in [2.75, 3.05) is 12.3 Å². The molecule has 35 heavy (non-hydrogen) atoms. The van der Waals surface area contributed by atoms with E-state index in [-0.39, 0.29) is 35.2 Å². The quantitative estimate of drug-likeness (QED) is 0.243. The average molecular weight is 500 g/mol. The number of benzene rings is 1. The zero-order valence-electron chi connectivity index (χ0n) is 19.1. The Hall–Kier alpha value is -3.67. The molecule has 2 heterocycles. The lowest BCUT2D eigenvalue weighted by Gasteiger charge is -2.20. The maximum Gasteiger partial charge on any atom is 0.343 e. The Balaban J connectivity index is 1.97. The SMILES string of the molecule is CC(C)NCC(CS(=O)(=O)O)c1ccc(OC(=O)c2ccncc2)c(OC(=O)c2ccncc2)c1. The molecule has 10 nitrogen and oxygen atoms in total. The molecule has 0 radical (unpaired) electrons. The fourth-order valence-corrected chi connectivity index (χ4v) is 3.96. The summed E-state index contributed by atoms with van der Waals surface area (Å²) >= 11 is 0. The molecule has 0 saturated carbocycles. The van der Waals surface area contributed by atoms with Crippen LogP contribution in [0.25, 0.3) is 0 Å². The summed E-state index contributed by atoms with van der Waals surface area (Å²) in [5.74, 6) is -2.77. The van der Waals surface area contributed by atoms with E-state index in [9.17, 15) is 22.6 Å². The van der Waals surface area contributed by atoms with Crippen LogP contribution in [0.5, 0.6) is 11.5 Å². The molecule has 0 aliphatic rings. The molecule has 0 fully saturated rings. The Morgan fingerprint density at radius 1 is 0.886 bits per heavy atom. The smallest absolute Gasteiger partial charge is 0.343 e. The molecule has 184 valence electrons. The van der Waals surface area contributed by atoms with E-state index in [1.54, 1.807) is 6.07 Å². The summed E-state index contributed by atoms with van der Waals surface area (Å²) in [6.07, 6.45) is 5.73. The minimum atomic E-state index is -4.31. The van der Waals surface area contributed by atoms with Gasteiger partial charge in [0.05, 0.1) is 16.9 Å². The van der Waals surface area contributed by atoms with Gasteiger partial charge in [-0.3, -0.25) is 14.5 Å². The Morgan fingerprint density at radius 3 is 1.89 bits per heavy atom. The second kappa shape index (κ2) is 11.6. The van der Waals surface area contributed by atoms with Gasteiger partial charge < -0.3 is 14.8 Å². The lowest BCUT2D eigenvalue weighted by atomic mass is 10.00. The summed E-state index contributed by atoms with van der Waals surface area (Å²) in [6.45, 7) is 4.02. The fraction of sp³-hybridized carbons (Fsp3) is 0.250. The van der Waals surface area contributed by atoms with Crippen molar-refractivity contribution < 1.29 is 32.0 Å². The van der Waals surface area contributed by atoms with Crippen molar-refractivity contribution >= 4 is 22.1 Å². The molecule has 0 amide bonds. The molecule has 1 atom stereocenters. The maximum absolute atomic E-state index is 12.7. The topological polar surface area (TPSA) is 145 Å². The van der Waals surface area contributed by atoms with Crippen LogP contribution >= 0.6 is 0 Å². The Bertz CT molecular complexity index is 1270. The zero-order chi connectivity index (χ0) is 25.4. The third-order valence-electron chi connectivity index (χ3n) is 4.86. The molecular formula is C24H25N3O7S. The minimum Gasteiger partial charge on any atom is -0.419 e. The van der Waals surface area contributed by atoms with Crippen LogP contribution in [0, 0.1) is 0 Å². The van der Waals surface area contributed by atoms with Gasteiger partial charge in [0.25, 0.3) is 10.1 Å². The summed E-state index contributed by atoms with van der Waals surface area (Å²) in [6, 6.07) is 10.3. The molecule has 1 unspecified atom stereocenters. The lowest BCUT2D eigenvalue weighted by Crippen LogP contribution is -2.31. The predicted molar refractivity (Wildman–Crippen MR) is 127 cm³/mol. The van der Waals surface area contributed by atoms with Gasteiger partial charge in [-0.25, -0.2) is 9.59 Å². The van der Waals surface area contributed by atoms with Crippen molar-refractivity contribution in [3.05, 3.63) is 83.9 Å². The number of carbonyl (C=O) groups is 2. The van der Waals surface area contributed by atoms with Crippen LogP contribution in [0.1, 0.15) is 46.0 Å². The lowest BCUT2D eigenvalue weighted by molar-refractivity contribution is 0.0682. The molecule has 1 aromatic carbocycles. The highest BCUT2D eigenvalue weighted by Gasteiger charge is 2.23. The third-order valence-corrected chi connectivity index (χ3v) is 5.68. The first-order chi connectivity index (χ1) is 16.6. The first-order valence-corrected chi connectivity index (χ1v) is 12.3. The zero-order valence-corrected chi connectivity index (χ0v) is 19.9. The minimum absolute atomic E-state index is 0.0413. The maximum atomic E-state index is 12.7. The summed E-state index contributed by atoms with van der Waals surface area (Å²) in [5, 5.41) is 3.14. The number of pyridine rings is 2. The van der Waals surface area contributed by atoms with Crippen LogP contribution in [-0.4, -0.2) is 53.2 Å². The van der Waals surface area contributed by atoms with Gasteiger partial charge in [0.1, 0.15) is 0 Å². The van der Waals surface area contributed by atoms with Crippen molar-refractivity contribution in [3.63, 3.8) is 0 Å². The van der Waals surface area contributed by atoms with Crippen LogP contribution in [-0.2, 0) is 10.1 Å². The molecule has 3 rings (SSSR count).